The van der Waals surface area contributed by atoms with Crippen molar-refractivity contribution in [2.75, 3.05) is 19.7 Å². The number of likely N-dealkylation sites (tertiary alicyclic amines) is 1. The van der Waals surface area contributed by atoms with E-state index >= 15 is 0 Å². The molecule has 2 aromatic carbocycles. The van der Waals surface area contributed by atoms with Crippen molar-refractivity contribution in [3.05, 3.63) is 59.7 Å². The predicted molar refractivity (Wildman–Crippen MR) is 150 cm³/mol. The van der Waals surface area contributed by atoms with Crippen molar-refractivity contribution in [2.24, 2.45) is 5.92 Å². The molecule has 1 unspecified atom stereocenters. The number of piperidine rings is 1. The summed E-state index contributed by atoms with van der Waals surface area (Å²) in [6, 6.07) is 14.1. The van der Waals surface area contributed by atoms with Crippen LogP contribution in [0.4, 0.5) is 0 Å². The first-order chi connectivity index (χ1) is 18.5. The zero-order valence-corrected chi connectivity index (χ0v) is 23.6. The molecule has 0 aromatic heterocycles. The molecule has 2 N–H and O–H groups in total. The van der Waals surface area contributed by atoms with Crippen molar-refractivity contribution < 1.29 is 29.0 Å². The summed E-state index contributed by atoms with van der Waals surface area (Å²) < 4.78 is 11.3. The van der Waals surface area contributed by atoms with E-state index in [2.05, 4.69) is 5.32 Å². The minimum absolute atomic E-state index is 0.122. The van der Waals surface area contributed by atoms with Gasteiger partial charge in [0.05, 0.1) is 6.61 Å². The second kappa shape index (κ2) is 14.0. The summed E-state index contributed by atoms with van der Waals surface area (Å²) in [5.74, 6) is 0.457. The summed E-state index contributed by atoms with van der Waals surface area (Å²) in [6.45, 7) is 9.69. The third-order valence-electron chi connectivity index (χ3n) is 6.72. The Morgan fingerprint density at radius 3 is 2.13 bits per heavy atom. The minimum Gasteiger partial charge on any atom is -0.494 e. The lowest BCUT2D eigenvalue weighted by Gasteiger charge is -2.32. The highest BCUT2D eigenvalue weighted by atomic mass is 16.5. The number of benzene rings is 2. The Morgan fingerprint density at radius 1 is 0.974 bits per heavy atom. The number of aryl methyl sites for hydroxylation is 1. The van der Waals surface area contributed by atoms with E-state index in [9.17, 15) is 19.5 Å². The van der Waals surface area contributed by atoms with Crippen molar-refractivity contribution >= 4 is 17.8 Å². The minimum atomic E-state index is -1.06. The molecular formula is C31H42N2O6. The van der Waals surface area contributed by atoms with E-state index in [0.717, 1.165) is 29.7 Å². The number of rotatable bonds is 12. The number of hydrogen-bond donors (Lipinski definition) is 2. The van der Waals surface area contributed by atoms with Crippen molar-refractivity contribution in [3.63, 3.8) is 0 Å². The largest absolute Gasteiger partial charge is 0.494 e. The van der Waals surface area contributed by atoms with Crippen LogP contribution in [0, 0.1) is 5.92 Å². The quantitative estimate of drug-likeness (QED) is 0.408. The van der Waals surface area contributed by atoms with E-state index in [0.29, 0.717) is 38.3 Å². The average molecular weight is 539 g/mol. The van der Waals surface area contributed by atoms with Crippen molar-refractivity contribution in [1.82, 2.24) is 10.2 Å². The lowest BCUT2D eigenvalue weighted by Crippen LogP contribution is -2.44. The van der Waals surface area contributed by atoms with E-state index in [1.165, 1.54) is 0 Å². The van der Waals surface area contributed by atoms with Gasteiger partial charge in [0.2, 0.25) is 11.8 Å². The molecule has 1 atom stereocenters. The number of amides is 2. The van der Waals surface area contributed by atoms with Crippen molar-refractivity contribution in [2.45, 2.75) is 77.9 Å². The molecule has 8 heteroatoms. The molecule has 1 fully saturated rings. The van der Waals surface area contributed by atoms with Gasteiger partial charge in [0.25, 0.3) is 0 Å². The number of aliphatic carboxylic acids is 1. The van der Waals surface area contributed by atoms with Gasteiger partial charge >= 0.3 is 5.97 Å². The van der Waals surface area contributed by atoms with Gasteiger partial charge in [0.15, 0.2) is 0 Å². The summed E-state index contributed by atoms with van der Waals surface area (Å²) >= 11 is 0. The van der Waals surface area contributed by atoms with Crippen LogP contribution in [0.25, 0.3) is 0 Å². The molecule has 0 aliphatic carbocycles. The van der Waals surface area contributed by atoms with Gasteiger partial charge in [-0.25, -0.2) is 4.79 Å². The van der Waals surface area contributed by atoms with Crippen LogP contribution in [0.1, 0.15) is 64.5 Å². The van der Waals surface area contributed by atoms with Gasteiger partial charge in [-0.15, -0.1) is 0 Å². The van der Waals surface area contributed by atoms with E-state index in [-0.39, 0.29) is 36.2 Å². The summed E-state index contributed by atoms with van der Waals surface area (Å²) in [5, 5.41) is 12.4. The van der Waals surface area contributed by atoms with Crippen LogP contribution in [-0.4, -0.2) is 59.1 Å². The number of carbonyl (C=O) groups excluding carboxylic acids is 2. The van der Waals surface area contributed by atoms with Gasteiger partial charge in [-0.2, -0.15) is 0 Å². The molecule has 1 aliphatic rings. The third-order valence-corrected chi connectivity index (χ3v) is 6.72. The molecule has 0 radical (unpaired) electrons. The van der Waals surface area contributed by atoms with E-state index in [1.54, 1.807) is 0 Å². The van der Waals surface area contributed by atoms with Gasteiger partial charge < -0.3 is 24.8 Å². The summed E-state index contributed by atoms with van der Waals surface area (Å²) in [6.07, 6.45) is 3.04. The maximum atomic E-state index is 12.7. The van der Waals surface area contributed by atoms with Gasteiger partial charge in [-0.3, -0.25) is 9.59 Å². The fraction of sp³-hybridized carbons (Fsp3) is 0.516. The SMILES string of the molecule is CCOc1ccc(CCC(=O)N2CCC(CC(=O)NC(Cc3ccc(OC(C)(C)C)cc3)C(=O)O)CC2)cc1. The highest BCUT2D eigenvalue weighted by Crippen LogP contribution is 2.23. The average Bonchev–Trinajstić information content (AvgIpc) is 2.88. The Balaban J connectivity index is 1.40. The number of nitrogens with zero attached hydrogens (tertiary/aromatic N) is 1. The van der Waals surface area contributed by atoms with Gasteiger partial charge in [0, 0.05) is 32.4 Å². The van der Waals surface area contributed by atoms with Crippen LogP contribution in [0.2, 0.25) is 0 Å². The van der Waals surface area contributed by atoms with Crippen LogP contribution in [0.5, 0.6) is 11.5 Å². The van der Waals surface area contributed by atoms with Crippen LogP contribution in [0.15, 0.2) is 48.5 Å². The first-order valence-electron chi connectivity index (χ1n) is 13.8. The molecule has 3 rings (SSSR count). The molecule has 0 bridgehead atoms. The normalized spacial score (nSPS) is 14.9. The fourth-order valence-corrected chi connectivity index (χ4v) is 4.71. The maximum absolute atomic E-state index is 12.7. The smallest absolute Gasteiger partial charge is 0.326 e. The zero-order valence-electron chi connectivity index (χ0n) is 23.6. The van der Waals surface area contributed by atoms with E-state index in [4.69, 9.17) is 9.47 Å². The Hall–Kier alpha value is -3.55. The lowest BCUT2D eigenvalue weighted by molar-refractivity contribution is -0.142. The molecule has 212 valence electrons. The Kier molecular flexibility index (Phi) is 10.8. The summed E-state index contributed by atoms with van der Waals surface area (Å²) in [7, 11) is 0. The predicted octanol–water partition coefficient (Wildman–Crippen LogP) is 4.64. The Morgan fingerprint density at radius 2 is 1.56 bits per heavy atom. The van der Waals surface area contributed by atoms with Crippen molar-refractivity contribution in [3.8, 4) is 11.5 Å². The maximum Gasteiger partial charge on any atom is 0.326 e. The summed E-state index contributed by atoms with van der Waals surface area (Å²) in [4.78, 5) is 39.1. The molecule has 1 aliphatic heterocycles. The lowest BCUT2D eigenvalue weighted by atomic mass is 9.92. The van der Waals surface area contributed by atoms with Gasteiger partial charge in [-0.05, 0) is 88.3 Å². The number of nitrogens with one attached hydrogen (secondary N) is 1. The topological polar surface area (TPSA) is 105 Å². The van der Waals surface area contributed by atoms with Crippen LogP contribution in [0.3, 0.4) is 0 Å². The molecule has 8 nitrogen and oxygen atoms in total. The van der Waals surface area contributed by atoms with Crippen LogP contribution >= 0.6 is 0 Å². The van der Waals surface area contributed by atoms with Crippen LogP contribution < -0.4 is 14.8 Å². The Labute approximate surface area is 231 Å². The number of carboxylic acids is 1. The van der Waals surface area contributed by atoms with Crippen LogP contribution in [-0.2, 0) is 27.2 Å². The molecule has 1 saturated heterocycles. The molecule has 2 amide bonds. The second-order valence-corrected chi connectivity index (χ2v) is 11.1. The highest BCUT2D eigenvalue weighted by molar-refractivity contribution is 5.84. The van der Waals surface area contributed by atoms with Crippen molar-refractivity contribution in [1.29, 1.82) is 0 Å². The standard InChI is InChI=1S/C31H42N2O6/c1-5-38-25-11-6-22(7-12-25)10-15-29(35)33-18-16-24(17-19-33)21-28(34)32-27(30(36)37)20-23-8-13-26(14-9-23)39-31(2,3)4/h6-9,11-14,24,27H,5,10,15-21H2,1-4H3,(H,32,34)(H,36,37). The number of ether oxygens (including phenoxy) is 2. The van der Waals surface area contributed by atoms with E-state index < -0.39 is 12.0 Å². The molecule has 1 heterocycles. The monoisotopic (exact) mass is 538 g/mol. The first kappa shape index (κ1) is 30.0. The van der Waals surface area contributed by atoms with E-state index in [1.807, 2.05) is 81.1 Å². The summed E-state index contributed by atoms with van der Waals surface area (Å²) in [5.41, 5.74) is 1.58. The second-order valence-electron chi connectivity index (χ2n) is 11.1. The zero-order chi connectivity index (χ0) is 28.4. The number of carboxylic acid groups (broad SMARTS) is 1. The molecule has 39 heavy (non-hydrogen) atoms. The fourth-order valence-electron chi connectivity index (χ4n) is 4.71. The Bertz CT molecular complexity index is 1080. The number of carbonyl (C=O) groups is 3. The molecule has 0 saturated carbocycles. The third kappa shape index (κ3) is 10.3. The molecule has 0 spiro atoms. The molecule has 2 aromatic rings. The first-order valence-corrected chi connectivity index (χ1v) is 13.8. The number of hydrogen-bond acceptors (Lipinski definition) is 5. The molecular weight excluding hydrogens is 496 g/mol. The van der Waals surface area contributed by atoms with Gasteiger partial charge in [0.1, 0.15) is 23.1 Å². The highest BCUT2D eigenvalue weighted by Gasteiger charge is 2.26. The van der Waals surface area contributed by atoms with Gasteiger partial charge in [-0.1, -0.05) is 24.3 Å².